The van der Waals surface area contributed by atoms with E-state index in [-0.39, 0.29) is 0 Å². The summed E-state index contributed by atoms with van der Waals surface area (Å²) in [6.45, 7) is 2.94. The maximum Gasteiger partial charge on any atom is 0.185 e. The minimum atomic E-state index is 0.339. The minimum absolute atomic E-state index is 0.339. The molecule has 5 heteroatoms. The third-order valence-electron chi connectivity index (χ3n) is 3.01. The van der Waals surface area contributed by atoms with Crippen molar-refractivity contribution in [2.75, 3.05) is 19.0 Å². The SMILES string of the molecule is CNC(C)c1cnc(N(C)Cc2cccc(Cl)c2)s1. The molecule has 0 saturated heterocycles. The van der Waals surface area contributed by atoms with E-state index >= 15 is 0 Å². The molecule has 3 nitrogen and oxygen atoms in total. The van der Waals surface area contributed by atoms with Crippen LogP contribution in [0, 0.1) is 0 Å². The summed E-state index contributed by atoms with van der Waals surface area (Å²) < 4.78 is 0. The summed E-state index contributed by atoms with van der Waals surface area (Å²) in [6, 6.07) is 8.27. The minimum Gasteiger partial charge on any atom is -0.347 e. The number of hydrogen-bond donors (Lipinski definition) is 1. The van der Waals surface area contributed by atoms with Gasteiger partial charge in [-0.3, -0.25) is 0 Å². The lowest BCUT2D eigenvalue weighted by Crippen LogP contribution is -2.15. The molecule has 0 amide bonds. The van der Waals surface area contributed by atoms with Crippen molar-refractivity contribution in [1.82, 2.24) is 10.3 Å². The molecule has 2 aromatic rings. The van der Waals surface area contributed by atoms with Crippen LogP contribution in [0.15, 0.2) is 30.5 Å². The average Bonchev–Trinajstić information content (AvgIpc) is 2.87. The van der Waals surface area contributed by atoms with Gasteiger partial charge in [-0.25, -0.2) is 4.98 Å². The normalized spacial score (nSPS) is 12.4. The van der Waals surface area contributed by atoms with Crippen LogP contribution >= 0.6 is 22.9 Å². The molecule has 0 bridgehead atoms. The van der Waals surface area contributed by atoms with E-state index in [1.54, 1.807) is 11.3 Å². The highest BCUT2D eigenvalue weighted by Crippen LogP contribution is 2.27. The molecule has 1 aromatic carbocycles. The fraction of sp³-hybridized carbons (Fsp3) is 0.357. The van der Waals surface area contributed by atoms with E-state index in [4.69, 9.17) is 11.6 Å². The molecule has 2 rings (SSSR count). The lowest BCUT2D eigenvalue weighted by molar-refractivity contribution is 0.662. The Bertz CT molecular complexity index is 541. The second-order valence-corrected chi connectivity index (χ2v) is 6.02. The van der Waals surface area contributed by atoms with Crippen molar-refractivity contribution in [1.29, 1.82) is 0 Å². The van der Waals surface area contributed by atoms with Gasteiger partial charge in [0.05, 0.1) is 0 Å². The topological polar surface area (TPSA) is 28.2 Å². The number of rotatable bonds is 5. The summed E-state index contributed by atoms with van der Waals surface area (Å²) in [5.41, 5.74) is 1.19. The number of nitrogens with one attached hydrogen (secondary N) is 1. The molecule has 1 aromatic heterocycles. The van der Waals surface area contributed by atoms with Crippen molar-refractivity contribution in [2.24, 2.45) is 0 Å². The molecule has 1 heterocycles. The van der Waals surface area contributed by atoms with Crippen LogP contribution < -0.4 is 10.2 Å². The van der Waals surface area contributed by atoms with Crippen molar-refractivity contribution in [2.45, 2.75) is 19.5 Å². The molecule has 1 atom stereocenters. The van der Waals surface area contributed by atoms with Crippen LogP contribution in [0.5, 0.6) is 0 Å². The van der Waals surface area contributed by atoms with E-state index < -0.39 is 0 Å². The zero-order valence-electron chi connectivity index (χ0n) is 11.4. The molecule has 0 saturated carbocycles. The highest BCUT2D eigenvalue weighted by atomic mass is 35.5. The van der Waals surface area contributed by atoms with Gasteiger partial charge >= 0.3 is 0 Å². The van der Waals surface area contributed by atoms with Gasteiger partial charge in [-0.2, -0.15) is 0 Å². The lowest BCUT2D eigenvalue weighted by Gasteiger charge is -2.16. The summed E-state index contributed by atoms with van der Waals surface area (Å²) in [5, 5.41) is 5.02. The van der Waals surface area contributed by atoms with Gasteiger partial charge in [-0.15, -0.1) is 11.3 Å². The summed E-state index contributed by atoms with van der Waals surface area (Å²) in [7, 11) is 4.01. The van der Waals surface area contributed by atoms with Crippen molar-refractivity contribution < 1.29 is 0 Å². The number of hydrogen-bond acceptors (Lipinski definition) is 4. The molecule has 1 unspecified atom stereocenters. The standard InChI is InChI=1S/C14H18ClN3S/c1-10(16-2)13-8-17-14(19-13)18(3)9-11-5-4-6-12(15)7-11/h4-8,10,16H,9H2,1-3H3. The van der Waals surface area contributed by atoms with Gasteiger partial charge < -0.3 is 10.2 Å². The average molecular weight is 296 g/mol. The van der Waals surface area contributed by atoms with Gasteiger partial charge in [0.15, 0.2) is 5.13 Å². The highest BCUT2D eigenvalue weighted by Gasteiger charge is 2.11. The monoisotopic (exact) mass is 295 g/mol. The highest BCUT2D eigenvalue weighted by molar-refractivity contribution is 7.15. The number of thiazole rings is 1. The van der Waals surface area contributed by atoms with Crippen LogP contribution in [0.2, 0.25) is 5.02 Å². The number of halogens is 1. The first-order valence-corrected chi connectivity index (χ1v) is 7.38. The Hall–Kier alpha value is -1.10. The van der Waals surface area contributed by atoms with Crippen molar-refractivity contribution in [3.8, 4) is 0 Å². The number of anilines is 1. The van der Waals surface area contributed by atoms with E-state index in [2.05, 4.69) is 28.2 Å². The van der Waals surface area contributed by atoms with Gasteiger partial charge in [0.2, 0.25) is 0 Å². The Labute approximate surface area is 123 Å². The quantitative estimate of drug-likeness (QED) is 0.911. The fourth-order valence-corrected chi connectivity index (χ4v) is 2.92. The van der Waals surface area contributed by atoms with Crippen LogP contribution in [-0.4, -0.2) is 19.1 Å². The summed E-state index contributed by atoms with van der Waals surface area (Å²) >= 11 is 7.72. The molecule has 1 N–H and O–H groups in total. The molecule has 0 spiro atoms. The van der Waals surface area contributed by atoms with Gasteiger partial charge in [-0.1, -0.05) is 23.7 Å². The fourth-order valence-electron chi connectivity index (χ4n) is 1.77. The summed E-state index contributed by atoms with van der Waals surface area (Å²) in [6.07, 6.45) is 1.94. The molecule has 0 aliphatic carbocycles. The lowest BCUT2D eigenvalue weighted by atomic mass is 10.2. The van der Waals surface area contributed by atoms with Crippen LogP contribution in [0.1, 0.15) is 23.4 Å². The number of aromatic nitrogens is 1. The molecule has 102 valence electrons. The van der Waals surface area contributed by atoms with Crippen molar-refractivity contribution in [3.63, 3.8) is 0 Å². The third-order valence-corrected chi connectivity index (χ3v) is 4.54. The Balaban J connectivity index is 2.07. The number of benzene rings is 1. The van der Waals surface area contributed by atoms with Crippen LogP contribution in [0.4, 0.5) is 5.13 Å². The first kappa shape index (κ1) is 14.3. The second-order valence-electron chi connectivity index (χ2n) is 4.54. The van der Waals surface area contributed by atoms with Gasteiger partial charge in [0.1, 0.15) is 0 Å². The maximum absolute atomic E-state index is 6.00. The van der Waals surface area contributed by atoms with Crippen molar-refractivity contribution in [3.05, 3.63) is 45.9 Å². The van der Waals surface area contributed by atoms with E-state index in [9.17, 15) is 0 Å². The number of nitrogens with zero attached hydrogens (tertiary/aromatic N) is 2. The van der Waals surface area contributed by atoms with E-state index in [1.165, 1.54) is 10.4 Å². The largest absolute Gasteiger partial charge is 0.347 e. The van der Waals surface area contributed by atoms with Gasteiger partial charge in [-0.05, 0) is 31.7 Å². The third kappa shape index (κ3) is 3.69. The predicted octanol–water partition coefficient (Wildman–Crippen LogP) is 3.71. The molecular weight excluding hydrogens is 278 g/mol. The van der Waals surface area contributed by atoms with Crippen LogP contribution in [0.25, 0.3) is 0 Å². The molecule has 0 radical (unpaired) electrons. The Morgan fingerprint density at radius 2 is 2.26 bits per heavy atom. The molecule has 19 heavy (non-hydrogen) atoms. The predicted molar refractivity (Wildman–Crippen MR) is 83.1 cm³/mol. The molecule has 0 fully saturated rings. The zero-order chi connectivity index (χ0) is 13.8. The van der Waals surface area contributed by atoms with Gasteiger partial charge in [0, 0.05) is 35.7 Å². The van der Waals surface area contributed by atoms with Crippen molar-refractivity contribution >= 4 is 28.1 Å². The zero-order valence-corrected chi connectivity index (χ0v) is 12.9. The molecule has 0 aliphatic rings. The Morgan fingerprint density at radius 3 is 2.95 bits per heavy atom. The van der Waals surface area contributed by atoms with Gasteiger partial charge in [0.25, 0.3) is 0 Å². The summed E-state index contributed by atoms with van der Waals surface area (Å²) in [5.74, 6) is 0. The maximum atomic E-state index is 6.00. The molecule has 0 aliphatic heterocycles. The summed E-state index contributed by atoms with van der Waals surface area (Å²) in [4.78, 5) is 7.86. The molecular formula is C14H18ClN3S. The second kappa shape index (κ2) is 6.37. The Kier molecular flexibility index (Phi) is 4.80. The van der Waals surface area contributed by atoms with E-state index in [0.717, 1.165) is 16.7 Å². The van der Waals surface area contributed by atoms with E-state index in [0.29, 0.717) is 6.04 Å². The Morgan fingerprint density at radius 1 is 1.47 bits per heavy atom. The van der Waals surface area contributed by atoms with E-state index in [1.807, 2.05) is 38.5 Å². The first-order valence-electron chi connectivity index (χ1n) is 6.18. The smallest absolute Gasteiger partial charge is 0.185 e. The van der Waals surface area contributed by atoms with Crippen LogP contribution in [0.3, 0.4) is 0 Å². The first-order chi connectivity index (χ1) is 9.10. The van der Waals surface area contributed by atoms with Crippen LogP contribution in [-0.2, 0) is 6.54 Å².